The third-order valence-corrected chi connectivity index (χ3v) is 4.36. The highest BCUT2D eigenvalue weighted by Gasteiger charge is 2.34. The van der Waals surface area contributed by atoms with Gasteiger partial charge in [-0.15, -0.1) is 0 Å². The number of nitrogens with one attached hydrogen (secondary N) is 1. The van der Waals surface area contributed by atoms with E-state index in [1.165, 1.54) is 25.9 Å². The van der Waals surface area contributed by atoms with E-state index in [-0.39, 0.29) is 12.1 Å². The smallest absolute Gasteiger partial charge is 0.237 e. The molecule has 0 aliphatic carbocycles. The SMILES string of the molecule is CCN1CCC(CN2C(=O)CNC2C(C)C)CC1. The fraction of sp³-hybridized carbons (Fsp3) is 0.929. The maximum absolute atomic E-state index is 11.9. The second-order valence-corrected chi connectivity index (χ2v) is 5.99. The number of rotatable bonds is 4. The molecule has 4 heteroatoms. The first-order valence-corrected chi connectivity index (χ1v) is 7.37. The van der Waals surface area contributed by atoms with Crippen molar-refractivity contribution in [2.45, 2.75) is 39.8 Å². The molecule has 2 heterocycles. The first-order chi connectivity index (χ1) is 8.61. The van der Waals surface area contributed by atoms with E-state index >= 15 is 0 Å². The van der Waals surface area contributed by atoms with Crippen LogP contribution in [-0.4, -0.2) is 54.6 Å². The number of likely N-dealkylation sites (tertiary alicyclic amines) is 1. The molecular formula is C14H27N3O. The molecule has 104 valence electrons. The van der Waals surface area contributed by atoms with Gasteiger partial charge in [0.1, 0.15) is 0 Å². The van der Waals surface area contributed by atoms with Crippen molar-refractivity contribution in [3.05, 3.63) is 0 Å². The lowest BCUT2D eigenvalue weighted by Gasteiger charge is -2.35. The van der Waals surface area contributed by atoms with Crippen LogP contribution in [0.3, 0.4) is 0 Å². The van der Waals surface area contributed by atoms with Crippen LogP contribution >= 0.6 is 0 Å². The Labute approximate surface area is 111 Å². The van der Waals surface area contributed by atoms with Gasteiger partial charge in [-0.1, -0.05) is 20.8 Å². The average molecular weight is 253 g/mol. The summed E-state index contributed by atoms with van der Waals surface area (Å²) < 4.78 is 0. The zero-order valence-electron chi connectivity index (χ0n) is 12.0. The molecule has 2 rings (SSSR count). The molecule has 0 spiro atoms. The summed E-state index contributed by atoms with van der Waals surface area (Å²) in [4.78, 5) is 16.5. The van der Waals surface area contributed by atoms with Crippen molar-refractivity contribution in [2.24, 2.45) is 11.8 Å². The summed E-state index contributed by atoms with van der Waals surface area (Å²) in [5, 5.41) is 3.33. The minimum Gasteiger partial charge on any atom is -0.326 e. The Morgan fingerprint density at radius 1 is 1.33 bits per heavy atom. The molecule has 0 bridgehead atoms. The molecule has 1 amide bonds. The van der Waals surface area contributed by atoms with E-state index in [1.807, 2.05) is 0 Å². The van der Waals surface area contributed by atoms with Crippen molar-refractivity contribution in [1.29, 1.82) is 0 Å². The summed E-state index contributed by atoms with van der Waals surface area (Å²) in [6, 6.07) is 0. The summed E-state index contributed by atoms with van der Waals surface area (Å²) in [6.07, 6.45) is 2.73. The van der Waals surface area contributed by atoms with E-state index in [0.717, 1.165) is 13.1 Å². The number of nitrogens with zero attached hydrogens (tertiary/aromatic N) is 2. The standard InChI is InChI=1S/C14H27N3O/c1-4-16-7-5-12(6-8-16)10-17-13(18)9-15-14(17)11(2)3/h11-12,14-15H,4-10H2,1-3H3. The highest BCUT2D eigenvalue weighted by atomic mass is 16.2. The topological polar surface area (TPSA) is 35.6 Å². The van der Waals surface area contributed by atoms with Gasteiger partial charge in [-0.05, 0) is 44.3 Å². The second-order valence-electron chi connectivity index (χ2n) is 5.99. The molecule has 0 aromatic carbocycles. The first kappa shape index (κ1) is 13.8. The summed E-state index contributed by atoms with van der Waals surface area (Å²) in [5.74, 6) is 1.47. The molecule has 1 atom stereocenters. The van der Waals surface area contributed by atoms with E-state index in [4.69, 9.17) is 0 Å². The summed E-state index contributed by atoms with van der Waals surface area (Å²) in [6.45, 7) is 11.6. The van der Waals surface area contributed by atoms with Crippen molar-refractivity contribution >= 4 is 5.91 Å². The van der Waals surface area contributed by atoms with Crippen LogP contribution in [-0.2, 0) is 4.79 Å². The molecule has 0 radical (unpaired) electrons. The normalized spacial score (nSPS) is 27.4. The summed E-state index contributed by atoms with van der Waals surface area (Å²) in [5.41, 5.74) is 0. The van der Waals surface area contributed by atoms with Crippen molar-refractivity contribution in [3.8, 4) is 0 Å². The van der Waals surface area contributed by atoms with Gasteiger partial charge in [0.2, 0.25) is 5.91 Å². The minimum absolute atomic E-state index is 0.252. The highest BCUT2D eigenvalue weighted by Crippen LogP contribution is 2.22. The van der Waals surface area contributed by atoms with Gasteiger partial charge in [0, 0.05) is 6.54 Å². The number of piperidine rings is 1. The predicted molar refractivity (Wildman–Crippen MR) is 73.2 cm³/mol. The van der Waals surface area contributed by atoms with Gasteiger partial charge < -0.3 is 9.80 Å². The zero-order valence-corrected chi connectivity index (χ0v) is 12.0. The molecule has 2 aliphatic heterocycles. The van der Waals surface area contributed by atoms with Crippen molar-refractivity contribution in [1.82, 2.24) is 15.1 Å². The quantitative estimate of drug-likeness (QED) is 0.816. The van der Waals surface area contributed by atoms with Crippen LogP contribution in [0.1, 0.15) is 33.6 Å². The molecule has 0 aromatic rings. The summed E-state index contributed by atoms with van der Waals surface area (Å²) >= 11 is 0. The number of hydrogen-bond acceptors (Lipinski definition) is 3. The number of carbonyl (C=O) groups excluding carboxylic acids is 1. The lowest BCUT2D eigenvalue weighted by molar-refractivity contribution is -0.129. The minimum atomic E-state index is 0.252. The third kappa shape index (κ3) is 3.04. The Morgan fingerprint density at radius 3 is 2.56 bits per heavy atom. The fourth-order valence-electron chi connectivity index (χ4n) is 3.13. The van der Waals surface area contributed by atoms with Gasteiger partial charge in [-0.2, -0.15) is 0 Å². The lowest BCUT2D eigenvalue weighted by atomic mass is 9.95. The zero-order chi connectivity index (χ0) is 13.1. The van der Waals surface area contributed by atoms with E-state index < -0.39 is 0 Å². The Kier molecular flexibility index (Phi) is 4.62. The Balaban J connectivity index is 1.86. The molecule has 1 unspecified atom stereocenters. The molecule has 0 aromatic heterocycles. The van der Waals surface area contributed by atoms with Gasteiger partial charge in [-0.3, -0.25) is 10.1 Å². The average Bonchev–Trinajstić information content (AvgIpc) is 2.72. The van der Waals surface area contributed by atoms with Crippen LogP contribution in [0.25, 0.3) is 0 Å². The van der Waals surface area contributed by atoms with Crippen molar-refractivity contribution < 1.29 is 4.79 Å². The van der Waals surface area contributed by atoms with Gasteiger partial charge in [0.15, 0.2) is 0 Å². The maximum Gasteiger partial charge on any atom is 0.237 e. The van der Waals surface area contributed by atoms with Crippen molar-refractivity contribution in [2.75, 3.05) is 32.7 Å². The van der Waals surface area contributed by atoms with Gasteiger partial charge >= 0.3 is 0 Å². The van der Waals surface area contributed by atoms with Gasteiger partial charge in [-0.25, -0.2) is 0 Å². The molecule has 4 nitrogen and oxygen atoms in total. The molecule has 2 aliphatic rings. The third-order valence-electron chi connectivity index (χ3n) is 4.36. The lowest BCUT2D eigenvalue weighted by Crippen LogP contribution is -2.45. The van der Waals surface area contributed by atoms with Crippen molar-refractivity contribution in [3.63, 3.8) is 0 Å². The maximum atomic E-state index is 11.9. The Morgan fingerprint density at radius 2 is 2.00 bits per heavy atom. The van der Waals surface area contributed by atoms with Gasteiger partial charge in [0.25, 0.3) is 0 Å². The van der Waals surface area contributed by atoms with E-state index in [2.05, 4.69) is 35.9 Å². The molecule has 1 N–H and O–H groups in total. The van der Waals surface area contributed by atoms with E-state index in [1.54, 1.807) is 0 Å². The van der Waals surface area contributed by atoms with Gasteiger partial charge in [0.05, 0.1) is 12.7 Å². The second kappa shape index (κ2) is 6.02. The van der Waals surface area contributed by atoms with E-state index in [9.17, 15) is 4.79 Å². The molecule has 0 saturated carbocycles. The van der Waals surface area contributed by atoms with Crippen LogP contribution in [0.15, 0.2) is 0 Å². The predicted octanol–water partition coefficient (Wildman–Crippen LogP) is 1.13. The molecule has 2 saturated heterocycles. The van der Waals surface area contributed by atoms with Crippen LogP contribution in [0, 0.1) is 11.8 Å². The Hall–Kier alpha value is -0.610. The monoisotopic (exact) mass is 253 g/mol. The molecular weight excluding hydrogens is 226 g/mol. The number of carbonyl (C=O) groups is 1. The van der Waals surface area contributed by atoms with Crippen LogP contribution in [0.2, 0.25) is 0 Å². The fourth-order valence-corrected chi connectivity index (χ4v) is 3.13. The molecule has 18 heavy (non-hydrogen) atoms. The Bertz CT molecular complexity index is 285. The first-order valence-electron chi connectivity index (χ1n) is 7.37. The number of amides is 1. The van der Waals surface area contributed by atoms with E-state index in [0.29, 0.717) is 18.4 Å². The highest BCUT2D eigenvalue weighted by molar-refractivity contribution is 5.80. The largest absolute Gasteiger partial charge is 0.326 e. The van der Waals surface area contributed by atoms with Crippen LogP contribution in [0.4, 0.5) is 0 Å². The van der Waals surface area contributed by atoms with Crippen LogP contribution < -0.4 is 5.32 Å². The number of hydrogen-bond donors (Lipinski definition) is 1. The molecule has 2 fully saturated rings. The van der Waals surface area contributed by atoms with Crippen LogP contribution in [0.5, 0.6) is 0 Å². The summed E-state index contributed by atoms with van der Waals surface area (Å²) in [7, 11) is 0.